The van der Waals surface area contributed by atoms with E-state index in [1.165, 1.54) is 18.9 Å². The summed E-state index contributed by atoms with van der Waals surface area (Å²) in [5.74, 6) is 0.354. The highest BCUT2D eigenvalue weighted by molar-refractivity contribution is 8.26. The molecular weight excluding hydrogens is 294 g/mol. The van der Waals surface area contributed by atoms with E-state index in [0.717, 1.165) is 12.8 Å². The second-order valence-electron chi connectivity index (χ2n) is 4.68. The van der Waals surface area contributed by atoms with Gasteiger partial charge in [-0.2, -0.15) is 0 Å². The standard InChI is InChI=1S/C14H13NO3S2/c1-18-10-4-2-3-8(12(10)16)7-11-13(17)15(9-5-6-9)14(19)20-11/h2-4,7,9,16H,5-6H2,1H3. The average molecular weight is 307 g/mol. The second-order valence-corrected chi connectivity index (χ2v) is 6.36. The Kier molecular flexibility index (Phi) is 3.43. The maximum Gasteiger partial charge on any atom is 0.266 e. The van der Waals surface area contributed by atoms with Crippen LogP contribution in [0.15, 0.2) is 23.1 Å². The van der Waals surface area contributed by atoms with Crippen LogP contribution in [-0.4, -0.2) is 33.4 Å². The first kappa shape index (κ1) is 13.5. The van der Waals surface area contributed by atoms with Crippen LogP contribution in [-0.2, 0) is 4.79 Å². The molecule has 1 N–H and O–H groups in total. The molecule has 1 heterocycles. The molecule has 1 saturated carbocycles. The Balaban J connectivity index is 1.93. The molecule has 0 unspecified atom stereocenters. The van der Waals surface area contributed by atoms with Gasteiger partial charge in [0, 0.05) is 11.6 Å². The third-order valence-corrected chi connectivity index (χ3v) is 4.60. The first-order chi connectivity index (χ1) is 9.61. The molecule has 0 radical (unpaired) electrons. The van der Waals surface area contributed by atoms with E-state index in [0.29, 0.717) is 20.5 Å². The molecule has 1 aliphatic carbocycles. The van der Waals surface area contributed by atoms with E-state index in [4.69, 9.17) is 17.0 Å². The number of methoxy groups -OCH3 is 1. The van der Waals surface area contributed by atoms with E-state index in [1.54, 1.807) is 29.2 Å². The molecule has 20 heavy (non-hydrogen) atoms. The van der Waals surface area contributed by atoms with E-state index in [1.807, 2.05) is 0 Å². The molecule has 1 aromatic rings. The summed E-state index contributed by atoms with van der Waals surface area (Å²) in [5, 5.41) is 10.1. The second kappa shape index (κ2) is 5.10. The molecule has 0 bridgehead atoms. The van der Waals surface area contributed by atoms with Crippen LogP contribution in [0.5, 0.6) is 11.5 Å². The zero-order valence-corrected chi connectivity index (χ0v) is 12.5. The Labute approximate surface area is 126 Å². The van der Waals surface area contributed by atoms with Gasteiger partial charge >= 0.3 is 0 Å². The summed E-state index contributed by atoms with van der Waals surface area (Å²) in [4.78, 5) is 14.5. The molecule has 104 valence electrons. The number of thiocarbonyl (C=S) groups is 1. The van der Waals surface area contributed by atoms with Gasteiger partial charge in [-0.15, -0.1) is 0 Å². The highest BCUT2D eigenvalue weighted by Gasteiger charge is 2.41. The Morgan fingerprint density at radius 2 is 2.25 bits per heavy atom. The zero-order chi connectivity index (χ0) is 14.3. The molecule has 3 rings (SSSR count). The highest BCUT2D eigenvalue weighted by atomic mass is 32.2. The fourth-order valence-electron chi connectivity index (χ4n) is 2.09. The maximum absolute atomic E-state index is 12.3. The van der Waals surface area contributed by atoms with Gasteiger partial charge in [-0.05, 0) is 25.0 Å². The van der Waals surface area contributed by atoms with Gasteiger partial charge in [-0.1, -0.05) is 36.1 Å². The van der Waals surface area contributed by atoms with E-state index < -0.39 is 0 Å². The molecule has 2 aliphatic rings. The van der Waals surface area contributed by atoms with Crippen molar-refractivity contribution in [1.82, 2.24) is 4.90 Å². The van der Waals surface area contributed by atoms with Crippen molar-refractivity contribution in [2.24, 2.45) is 0 Å². The van der Waals surface area contributed by atoms with Crippen LogP contribution in [0.2, 0.25) is 0 Å². The SMILES string of the molecule is COc1cccc(C=C2SC(=S)N(C3CC3)C2=O)c1O. The highest BCUT2D eigenvalue weighted by Crippen LogP contribution is 2.41. The molecule has 1 amide bonds. The minimum Gasteiger partial charge on any atom is -0.504 e. The summed E-state index contributed by atoms with van der Waals surface area (Å²) in [6, 6.07) is 5.45. The molecule has 1 aromatic carbocycles. The largest absolute Gasteiger partial charge is 0.504 e. The number of carbonyl (C=O) groups is 1. The molecule has 4 nitrogen and oxygen atoms in total. The maximum atomic E-state index is 12.3. The van der Waals surface area contributed by atoms with Gasteiger partial charge in [0.15, 0.2) is 11.5 Å². The Hall–Kier alpha value is -1.53. The Bertz CT molecular complexity index is 623. The molecule has 0 aromatic heterocycles. The lowest BCUT2D eigenvalue weighted by atomic mass is 10.1. The third-order valence-electron chi connectivity index (χ3n) is 3.27. The number of hydrogen-bond donors (Lipinski definition) is 1. The van der Waals surface area contributed by atoms with Crippen LogP contribution >= 0.6 is 24.0 Å². The van der Waals surface area contributed by atoms with Crippen molar-refractivity contribution >= 4 is 40.3 Å². The van der Waals surface area contributed by atoms with Crippen molar-refractivity contribution in [2.45, 2.75) is 18.9 Å². The Morgan fingerprint density at radius 3 is 2.90 bits per heavy atom. The fraction of sp³-hybridized carbons (Fsp3) is 0.286. The number of phenolic OH excluding ortho intramolecular Hbond substituents is 1. The molecule has 0 atom stereocenters. The van der Waals surface area contributed by atoms with E-state index in [-0.39, 0.29) is 17.7 Å². The first-order valence-corrected chi connectivity index (χ1v) is 7.47. The lowest BCUT2D eigenvalue weighted by Gasteiger charge is -2.12. The minimum absolute atomic E-state index is 0.0340. The summed E-state index contributed by atoms with van der Waals surface area (Å²) >= 11 is 6.53. The number of phenols is 1. The topological polar surface area (TPSA) is 49.8 Å². The lowest BCUT2D eigenvalue weighted by molar-refractivity contribution is -0.122. The predicted molar refractivity (Wildman–Crippen MR) is 82.7 cm³/mol. The van der Waals surface area contributed by atoms with E-state index in [9.17, 15) is 9.90 Å². The van der Waals surface area contributed by atoms with Crippen molar-refractivity contribution in [3.63, 3.8) is 0 Å². The Morgan fingerprint density at radius 1 is 1.50 bits per heavy atom. The smallest absolute Gasteiger partial charge is 0.266 e. The summed E-state index contributed by atoms with van der Waals surface area (Å²) in [7, 11) is 1.49. The quantitative estimate of drug-likeness (QED) is 0.687. The number of para-hydroxylation sites is 1. The van der Waals surface area contributed by atoms with Crippen molar-refractivity contribution in [2.75, 3.05) is 7.11 Å². The van der Waals surface area contributed by atoms with Crippen LogP contribution in [0.1, 0.15) is 18.4 Å². The number of amides is 1. The van der Waals surface area contributed by atoms with Crippen LogP contribution < -0.4 is 4.74 Å². The third kappa shape index (κ3) is 2.29. The lowest BCUT2D eigenvalue weighted by Crippen LogP contribution is -2.30. The van der Waals surface area contributed by atoms with Gasteiger partial charge in [-0.25, -0.2) is 0 Å². The van der Waals surface area contributed by atoms with Gasteiger partial charge < -0.3 is 9.84 Å². The van der Waals surface area contributed by atoms with Crippen molar-refractivity contribution < 1.29 is 14.6 Å². The van der Waals surface area contributed by atoms with Gasteiger partial charge in [-0.3, -0.25) is 9.69 Å². The summed E-state index contributed by atoms with van der Waals surface area (Å²) in [5.41, 5.74) is 0.556. The van der Waals surface area contributed by atoms with Crippen LogP contribution in [0.25, 0.3) is 6.08 Å². The van der Waals surface area contributed by atoms with E-state index >= 15 is 0 Å². The zero-order valence-electron chi connectivity index (χ0n) is 10.8. The summed E-state index contributed by atoms with van der Waals surface area (Å²) in [6.07, 6.45) is 3.70. The summed E-state index contributed by atoms with van der Waals surface area (Å²) < 4.78 is 5.66. The van der Waals surface area contributed by atoms with Crippen molar-refractivity contribution in [3.8, 4) is 11.5 Å². The number of hydrogen-bond acceptors (Lipinski definition) is 5. The molecule has 0 spiro atoms. The predicted octanol–water partition coefficient (Wildman–Crippen LogP) is 2.76. The molecule has 1 saturated heterocycles. The number of benzene rings is 1. The van der Waals surface area contributed by atoms with Gasteiger partial charge in [0.25, 0.3) is 5.91 Å². The van der Waals surface area contributed by atoms with Crippen LogP contribution in [0.4, 0.5) is 0 Å². The number of aromatic hydroxyl groups is 1. The normalized spacial score (nSPS) is 20.9. The first-order valence-electron chi connectivity index (χ1n) is 6.25. The van der Waals surface area contributed by atoms with Gasteiger partial charge in [0.05, 0.1) is 12.0 Å². The van der Waals surface area contributed by atoms with Crippen LogP contribution in [0, 0.1) is 0 Å². The fourth-order valence-corrected chi connectivity index (χ4v) is 3.48. The molecule has 2 fully saturated rings. The molecule has 6 heteroatoms. The number of carbonyl (C=O) groups excluding carboxylic acids is 1. The minimum atomic E-state index is -0.0651. The van der Waals surface area contributed by atoms with E-state index in [2.05, 4.69) is 0 Å². The van der Waals surface area contributed by atoms with Crippen molar-refractivity contribution in [3.05, 3.63) is 28.7 Å². The number of rotatable bonds is 3. The van der Waals surface area contributed by atoms with Crippen LogP contribution in [0.3, 0.4) is 0 Å². The molecular formula is C14H13NO3S2. The number of ether oxygens (including phenoxy) is 1. The average Bonchev–Trinajstić information content (AvgIpc) is 3.21. The molecule has 1 aliphatic heterocycles. The summed E-state index contributed by atoms with van der Waals surface area (Å²) in [6.45, 7) is 0. The number of thioether (sulfide) groups is 1. The monoisotopic (exact) mass is 307 g/mol. The number of nitrogens with zero attached hydrogens (tertiary/aromatic N) is 1. The van der Waals surface area contributed by atoms with Crippen molar-refractivity contribution in [1.29, 1.82) is 0 Å². The van der Waals surface area contributed by atoms with Gasteiger partial charge in [0.1, 0.15) is 4.32 Å². The van der Waals surface area contributed by atoms with Gasteiger partial charge in [0.2, 0.25) is 0 Å².